The molecular formula is C24H36Si. The van der Waals surface area contributed by atoms with E-state index in [2.05, 4.69) is 83.3 Å². The first-order valence-corrected chi connectivity index (χ1v) is 13.6. The molecule has 25 heavy (non-hydrogen) atoms. The number of allylic oxidation sites excluding steroid dienone is 4. The van der Waals surface area contributed by atoms with E-state index in [1.165, 1.54) is 30.0 Å². The van der Waals surface area contributed by atoms with Crippen LogP contribution in [-0.4, -0.2) is 8.07 Å². The number of benzene rings is 1. The molecule has 0 amide bonds. The first-order valence-electron chi connectivity index (χ1n) is 10.3. The van der Waals surface area contributed by atoms with Crippen LogP contribution >= 0.6 is 0 Å². The summed E-state index contributed by atoms with van der Waals surface area (Å²) in [6.45, 7) is 14.9. The zero-order valence-corrected chi connectivity index (χ0v) is 18.0. The van der Waals surface area contributed by atoms with Crippen LogP contribution in [0.5, 0.6) is 0 Å². The number of hydrogen-bond donors (Lipinski definition) is 0. The number of rotatable bonds is 5. The van der Waals surface area contributed by atoms with Gasteiger partial charge >= 0.3 is 0 Å². The van der Waals surface area contributed by atoms with E-state index >= 15 is 0 Å². The Kier molecular flexibility index (Phi) is 5.44. The van der Waals surface area contributed by atoms with Gasteiger partial charge in [-0.15, -0.1) is 0 Å². The number of hydrogen-bond acceptors (Lipinski definition) is 0. The van der Waals surface area contributed by atoms with Crippen molar-refractivity contribution in [3.05, 3.63) is 53.6 Å². The van der Waals surface area contributed by atoms with Crippen molar-refractivity contribution >= 4 is 13.6 Å². The fourth-order valence-electron chi connectivity index (χ4n) is 5.86. The summed E-state index contributed by atoms with van der Waals surface area (Å²) in [5.74, 6) is 3.24. The maximum atomic E-state index is 2.67. The Morgan fingerprint density at radius 3 is 2.48 bits per heavy atom. The van der Waals surface area contributed by atoms with E-state index in [4.69, 9.17) is 0 Å². The monoisotopic (exact) mass is 352 g/mol. The van der Waals surface area contributed by atoms with Gasteiger partial charge in [-0.1, -0.05) is 94.4 Å². The topological polar surface area (TPSA) is 0 Å². The van der Waals surface area contributed by atoms with E-state index in [-0.39, 0.29) is 0 Å². The lowest BCUT2D eigenvalue weighted by atomic mass is 9.81. The van der Waals surface area contributed by atoms with Gasteiger partial charge in [0.2, 0.25) is 0 Å². The van der Waals surface area contributed by atoms with Gasteiger partial charge in [-0.2, -0.15) is 0 Å². The van der Waals surface area contributed by atoms with E-state index in [0.717, 1.165) is 29.2 Å². The lowest BCUT2D eigenvalue weighted by molar-refractivity contribution is 0.533. The maximum absolute atomic E-state index is 2.67. The summed E-state index contributed by atoms with van der Waals surface area (Å²) >= 11 is 0. The first-order chi connectivity index (χ1) is 11.8. The van der Waals surface area contributed by atoms with Crippen LogP contribution in [0, 0.1) is 30.6 Å². The first kappa shape index (κ1) is 18.7. The molecule has 2 aliphatic rings. The predicted molar refractivity (Wildman–Crippen MR) is 115 cm³/mol. The van der Waals surface area contributed by atoms with Crippen molar-refractivity contribution < 1.29 is 0 Å². The third kappa shape index (κ3) is 3.72. The summed E-state index contributed by atoms with van der Waals surface area (Å²) in [6.07, 6.45) is 10.0. The molecule has 3 rings (SSSR count). The highest BCUT2D eigenvalue weighted by molar-refractivity contribution is 6.79. The molecule has 0 saturated heterocycles. The molecule has 2 aliphatic carbocycles. The van der Waals surface area contributed by atoms with Crippen LogP contribution in [-0.2, 0) is 0 Å². The normalized spacial score (nSPS) is 30.1. The molecule has 0 aliphatic heterocycles. The molecule has 0 nitrogen and oxygen atoms in total. The average Bonchev–Trinajstić information content (AvgIpc) is 2.91. The lowest BCUT2D eigenvalue weighted by Gasteiger charge is -2.39. The van der Waals surface area contributed by atoms with E-state index in [9.17, 15) is 0 Å². The molecule has 0 radical (unpaired) electrons. The standard InChI is InChI=1S/C24H36Si/c1-7-17(2)16-25(5,6)24-19(4)15-23-21(9-8-10-22(23)24)20-13-11-18(3)12-14-20/h8-14,17,19,22-24H,7,15-16H2,1-6H3. The lowest BCUT2D eigenvalue weighted by Crippen LogP contribution is -2.39. The predicted octanol–water partition coefficient (Wildman–Crippen LogP) is 7.35. The molecule has 1 aromatic carbocycles. The van der Waals surface area contributed by atoms with Crippen LogP contribution in [0.15, 0.2) is 42.5 Å². The summed E-state index contributed by atoms with van der Waals surface area (Å²) in [7, 11) is -1.24. The molecule has 1 heteroatoms. The molecule has 1 saturated carbocycles. The van der Waals surface area contributed by atoms with Crippen LogP contribution in [0.2, 0.25) is 24.7 Å². The van der Waals surface area contributed by atoms with Gasteiger partial charge in [0.15, 0.2) is 0 Å². The van der Waals surface area contributed by atoms with Gasteiger partial charge in [-0.25, -0.2) is 0 Å². The molecule has 0 spiro atoms. The molecule has 1 aromatic rings. The molecule has 0 aromatic heterocycles. The summed E-state index contributed by atoms with van der Waals surface area (Å²) in [5.41, 5.74) is 5.32. The Balaban J connectivity index is 1.87. The molecule has 136 valence electrons. The largest absolute Gasteiger partial charge is 0.0808 e. The van der Waals surface area contributed by atoms with Gasteiger partial charge in [0.25, 0.3) is 0 Å². The highest BCUT2D eigenvalue weighted by atomic mass is 28.3. The van der Waals surface area contributed by atoms with Crippen molar-refractivity contribution in [3.8, 4) is 0 Å². The Bertz CT molecular complexity index is 649. The van der Waals surface area contributed by atoms with Gasteiger partial charge in [-0.05, 0) is 53.7 Å². The molecule has 1 fully saturated rings. The van der Waals surface area contributed by atoms with E-state index in [1.807, 2.05) is 0 Å². The van der Waals surface area contributed by atoms with Crippen molar-refractivity contribution in [1.29, 1.82) is 0 Å². The zero-order chi connectivity index (χ0) is 18.2. The van der Waals surface area contributed by atoms with Gasteiger partial charge in [0.1, 0.15) is 0 Å². The van der Waals surface area contributed by atoms with E-state index < -0.39 is 8.07 Å². The van der Waals surface area contributed by atoms with Crippen LogP contribution in [0.25, 0.3) is 5.57 Å². The minimum absolute atomic E-state index is 0.733. The molecular weight excluding hydrogens is 316 g/mol. The molecule has 0 N–H and O–H groups in total. The summed E-state index contributed by atoms with van der Waals surface area (Å²) in [5, 5.41) is 0. The van der Waals surface area contributed by atoms with Crippen molar-refractivity contribution in [2.75, 3.05) is 0 Å². The Labute approximate surface area is 156 Å². The Morgan fingerprint density at radius 2 is 1.84 bits per heavy atom. The smallest absolute Gasteiger partial charge is 0.0516 e. The Morgan fingerprint density at radius 1 is 1.16 bits per heavy atom. The van der Waals surface area contributed by atoms with Gasteiger partial charge in [0.05, 0.1) is 8.07 Å². The van der Waals surface area contributed by atoms with Crippen molar-refractivity contribution in [2.24, 2.45) is 23.7 Å². The van der Waals surface area contributed by atoms with Crippen LogP contribution in [0.3, 0.4) is 0 Å². The van der Waals surface area contributed by atoms with Crippen molar-refractivity contribution in [2.45, 2.75) is 65.2 Å². The van der Waals surface area contributed by atoms with Crippen molar-refractivity contribution in [3.63, 3.8) is 0 Å². The van der Waals surface area contributed by atoms with E-state index in [0.29, 0.717) is 0 Å². The van der Waals surface area contributed by atoms with Gasteiger partial charge in [0, 0.05) is 0 Å². The summed E-state index contributed by atoms with van der Waals surface area (Å²) in [4.78, 5) is 0. The Hall–Kier alpha value is -1.08. The SMILES string of the molecule is CCC(C)C[Si](C)(C)C1C(C)CC2C(c3ccc(C)cc3)=CC=CC21. The minimum Gasteiger partial charge on any atom is -0.0808 e. The fraction of sp³-hybridized carbons (Fsp3) is 0.583. The average molecular weight is 353 g/mol. The van der Waals surface area contributed by atoms with E-state index in [1.54, 1.807) is 5.57 Å². The fourth-order valence-corrected chi connectivity index (χ4v) is 11.3. The minimum atomic E-state index is -1.24. The zero-order valence-electron chi connectivity index (χ0n) is 17.0. The maximum Gasteiger partial charge on any atom is 0.0516 e. The van der Waals surface area contributed by atoms with Crippen LogP contribution in [0.4, 0.5) is 0 Å². The summed E-state index contributed by atoms with van der Waals surface area (Å²) < 4.78 is 0. The third-order valence-corrected chi connectivity index (χ3v) is 11.5. The molecule has 0 heterocycles. The highest BCUT2D eigenvalue weighted by Crippen LogP contribution is 2.57. The van der Waals surface area contributed by atoms with Crippen LogP contribution in [0.1, 0.15) is 44.7 Å². The third-order valence-electron chi connectivity index (χ3n) is 6.99. The second kappa shape index (κ2) is 7.27. The molecule has 5 atom stereocenters. The second-order valence-electron chi connectivity index (χ2n) is 9.50. The summed E-state index contributed by atoms with van der Waals surface area (Å²) in [6, 6.07) is 10.7. The molecule has 5 unspecified atom stereocenters. The quantitative estimate of drug-likeness (QED) is 0.486. The van der Waals surface area contributed by atoms with Crippen LogP contribution < -0.4 is 0 Å². The molecule has 0 bridgehead atoms. The number of aryl methyl sites for hydroxylation is 1. The highest BCUT2D eigenvalue weighted by Gasteiger charge is 2.49. The van der Waals surface area contributed by atoms with Gasteiger partial charge < -0.3 is 0 Å². The van der Waals surface area contributed by atoms with Gasteiger partial charge in [-0.3, -0.25) is 0 Å². The second-order valence-corrected chi connectivity index (χ2v) is 14.6. The van der Waals surface area contributed by atoms with Crippen molar-refractivity contribution in [1.82, 2.24) is 0 Å². The number of fused-ring (bicyclic) bond motifs is 1.